The smallest absolute Gasteiger partial charge is 0.335 e. The lowest BCUT2D eigenvalue weighted by molar-refractivity contribution is 0.247. The third-order valence-electron chi connectivity index (χ3n) is 1.94. The number of urea groups is 1. The van der Waals surface area contributed by atoms with Crippen molar-refractivity contribution in [1.82, 2.24) is 5.43 Å². The lowest BCUT2D eigenvalue weighted by Gasteiger charge is -2.18. The fourth-order valence-corrected chi connectivity index (χ4v) is 1.39. The summed E-state index contributed by atoms with van der Waals surface area (Å²) in [6, 6.07) is 4.57. The van der Waals surface area contributed by atoms with E-state index in [4.69, 9.17) is 22.2 Å². The summed E-state index contributed by atoms with van der Waals surface area (Å²) in [5.74, 6) is 5.64. The fourth-order valence-electron chi connectivity index (χ4n) is 1.09. The Morgan fingerprint density at radius 2 is 2.27 bits per heavy atom. The molecule has 0 saturated heterocycles. The molecule has 5 nitrogen and oxygen atoms in total. The Kier molecular flexibility index (Phi) is 3.76. The number of anilines is 1. The van der Waals surface area contributed by atoms with Crippen molar-refractivity contribution in [2.45, 2.75) is 0 Å². The number of hydrazine groups is 1. The number of nitrogens with one attached hydrogen (secondary N) is 1. The standard InChI is InChI=1S/C9H12ClN3O2/c1-13(9(14)12-11)8-4-3-6(15-2)5-7(8)10/h3-5H,11H2,1-2H3,(H,12,14). The van der Waals surface area contributed by atoms with E-state index >= 15 is 0 Å². The van der Waals surface area contributed by atoms with Crippen molar-refractivity contribution in [3.05, 3.63) is 23.2 Å². The number of amides is 2. The van der Waals surface area contributed by atoms with Gasteiger partial charge >= 0.3 is 6.03 Å². The van der Waals surface area contributed by atoms with Crippen molar-refractivity contribution in [1.29, 1.82) is 0 Å². The van der Waals surface area contributed by atoms with Crippen molar-refractivity contribution in [3.63, 3.8) is 0 Å². The maximum Gasteiger partial charge on any atom is 0.335 e. The molecule has 0 saturated carbocycles. The van der Waals surface area contributed by atoms with E-state index in [1.54, 1.807) is 32.4 Å². The molecule has 0 aliphatic carbocycles. The van der Waals surface area contributed by atoms with Gasteiger partial charge in [-0.15, -0.1) is 0 Å². The number of hydrogen-bond donors (Lipinski definition) is 2. The van der Waals surface area contributed by atoms with Crippen LogP contribution in [-0.2, 0) is 0 Å². The molecule has 6 heteroatoms. The average Bonchev–Trinajstić information content (AvgIpc) is 2.26. The van der Waals surface area contributed by atoms with Crippen molar-refractivity contribution in [2.24, 2.45) is 5.84 Å². The number of halogens is 1. The van der Waals surface area contributed by atoms with Crippen molar-refractivity contribution in [3.8, 4) is 5.75 Å². The van der Waals surface area contributed by atoms with Crippen LogP contribution >= 0.6 is 11.6 Å². The Morgan fingerprint density at radius 3 is 2.73 bits per heavy atom. The van der Waals surface area contributed by atoms with E-state index in [0.717, 1.165) is 0 Å². The van der Waals surface area contributed by atoms with Gasteiger partial charge < -0.3 is 4.74 Å². The second-order valence-corrected chi connectivity index (χ2v) is 3.23. The molecule has 0 fully saturated rings. The first kappa shape index (κ1) is 11.6. The first-order valence-corrected chi connectivity index (χ1v) is 4.55. The largest absolute Gasteiger partial charge is 0.497 e. The van der Waals surface area contributed by atoms with Crippen LogP contribution < -0.4 is 20.9 Å². The number of methoxy groups -OCH3 is 1. The zero-order chi connectivity index (χ0) is 11.4. The number of nitrogens with two attached hydrogens (primary N) is 1. The molecule has 0 heterocycles. The lowest BCUT2D eigenvalue weighted by Crippen LogP contribution is -2.41. The zero-order valence-electron chi connectivity index (χ0n) is 8.45. The van der Waals surface area contributed by atoms with E-state index in [0.29, 0.717) is 16.5 Å². The molecule has 0 aliphatic heterocycles. The van der Waals surface area contributed by atoms with E-state index in [-0.39, 0.29) is 0 Å². The number of rotatable bonds is 2. The van der Waals surface area contributed by atoms with Gasteiger partial charge in [0.05, 0.1) is 17.8 Å². The SMILES string of the molecule is COc1ccc(N(C)C(=O)NN)c(Cl)c1. The van der Waals surface area contributed by atoms with Crippen LogP contribution in [0.1, 0.15) is 0 Å². The number of carbonyl (C=O) groups excluding carboxylic acids is 1. The van der Waals surface area contributed by atoms with E-state index < -0.39 is 6.03 Å². The van der Waals surface area contributed by atoms with Crippen LogP contribution in [0.25, 0.3) is 0 Å². The van der Waals surface area contributed by atoms with Gasteiger partial charge in [-0.2, -0.15) is 0 Å². The van der Waals surface area contributed by atoms with Gasteiger partial charge in [-0.05, 0) is 12.1 Å². The van der Waals surface area contributed by atoms with Gasteiger partial charge in [0.1, 0.15) is 5.75 Å². The zero-order valence-corrected chi connectivity index (χ0v) is 9.21. The number of carbonyl (C=O) groups is 1. The third-order valence-corrected chi connectivity index (χ3v) is 2.25. The van der Waals surface area contributed by atoms with Crippen molar-refractivity contribution >= 4 is 23.3 Å². The van der Waals surface area contributed by atoms with Crippen LogP contribution in [0.5, 0.6) is 5.75 Å². The minimum atomic E-state index is -0.443. The quantitative estimate of drug-likeness (QED) is 0.457. The molecular formula is C9H12ClN3O2. The molecule has 0 bridgehead atoms. The van der Waals surface area contributed by atoms with Crippen LogP contribution in [0.3, 0.4) is 0 Å². The van der Waals surface area contributed by atoms with Gasteiger partial charge in [-0.25, -0.2) is 10.6 Å². The first-order valence-electron chi connectivity index (χ1n) is 4.18. The number of hydrogen-bond acceptors (Lipinski definition) is 3. The summed E-state index contributed by atoms with van der Waals surface area (Å²) in [6.07, 6.45) is 0. The Hall–Kier alpha value is -1.46. The van der Waals surface area contributed by atoms with Gasteiger partial charge in [0.15, 0.2) is 0 Å². The molecule has 1 aromatic rings. The number of ether oxygens (including phenoxy) is 1. The molecular weight excluding hydrogens is 218 g/mol. The first-order chi connectivity index (χ1) is 7.10. The number of nitrogens with zero attached hydrogens (tertiary/aromatic N) is 1. The molecule has 0 spiro atoms. The molecule has 15 heavy (non-hydrogen) atoms. The minimum Gasteiger partial charge on any atom is -0.497 e. The van der Waals surface area contributed by atoms with Gasteiger partial charge in [0.25, 0.3) is 0 Å². The Bertz CT molecular complexity index is 370. The summed E-state index contributed by atoms with van der Waals surface area (Å²) in [4.78, 5) is 12.5. The summed E-state index contributed by atoms with van der Waals surface area (Å²) < 4.78 is 4.99. The van der Waals surface area contributed by atoms with Gasteiger partial charge in [0.2, 0.25) is 0 Å². The number of benzene rings is 1. The second-order valence-electron chi connectivity index (χ2n) is 2.83. The highest BCUT2D eigenvalue weighted by molar-refractivity contribution is 6.33. The maximum atomic E-state index is 11.2. The van der Waals surface area contributed by atoms with E-state index in [9.17, 15) is 4.79 Å². The molecule has 0 aromatic heterocycles. The second kappa shape index (κ2) is 4.86. The normalized spacial score (nSPS) is 9.60. The van der Waals surface area contributed by atoms with E-state index in [1.165, 1.54) is 4.90 Å². The monoisotopic (exact) mass is 229 g/mol. The van der Waals surface area contributed by atoms with Crippen molar-refractivity contribution in [2.75, 3.05) is 19.1 Å². The predicted octanol–water partition coefficient (Wildman–Crippen LogP) is 1.37. The molecule has 0 atom stereocenters. The molecule has 0 unspecified atom stereocenters. The van der Waals surface area contributed by atoms with Gasteiger partial charge in [-0.3, -0.25) is 10.3 Å². The Morgan fingerprint density at radius 1 is 1.60 bits per heavy atom. The fraction of sp³-hybridized carbons (Fsp3) is 0.222. The summed E-state index contributed by atoms with van der Waals surface area (Å²) in [7, 11) is 3.11. The van der Waals surface area contributed by atoms with Crippen LogP contribution in [0.2, 0.25) is 5.02 Å². The van der Waals surface area contributed by atoms with Gasteiger partial charge in [0, 0.05) is 13.1 Å². The Labute approximate surface area is 92.7 Å². The molecule has 82 valence electrons. The van der Waals surface area contributed by atoms with Crippen LogP contribution in [-0.4, -0.2) is 20.2 Å². The lowest BCUT2D eigenvalue weighted by atomic mass is 10.3. The highest BCUT2D eigenvalue weighted by atomic mass is 35.5. The summed E-state index contributed by atoms with van der Waals surface area (Å²) in [5, 5.41) is 0.417. The molecule has 2 amide bonds. The highest BCUT2D eigenvalue weighted by Crippen LogP contribution is 2.28. The summed E-state index contributed by atoms with van der Waals surface area (Å²) in [5.41, 5.74) is 2.57. The molecule has 1 aromatic carbocycles. The third kappa shape index (κ3) is 2.51. The Balaban J connectivity index is 3.00. The highest BCUT2D eigenvalue weighted by Gasteiger charge is 2.12. The average molecular weight is 230 g/mol. The summed E-state index contributed by atoms with van der Waals surface area (Å²) in [6.45, 7) is 0. The molecule has 1 rings (SSSR count). The van der Waals surface area contributed by atoms with Crippen LogP contribution in [0, 0.1) is 0 Å². The van der Waals surface area contributed by atoms with Crippen LogP contribution in [0.15, 0.2) is 18.2 Å². The molecule has 0 radical (unpaired) electrons. The summed E-state index contributed by atoms with van der Waals surface area (Å²) >= 11 is 5.96. The van der Waals surface area contributed by atoms with E-state index in [1.807, 2.05) is 5.43 Å². The molecule has 0 aliphatic rings. The maximum absolute atomic E-state index is 11.2. The van der Waals surface area contributed by atoms with Crippen molar-refractivity contribution < 1.29 is 9.53 Å². The topological polar surface area (TPSA) is 67.6 Å². The minimum absolute atomic E-state index is 0.417. The van der Waals surface area contributed by atoms with Gasteiger partial charge in [-0.1, -0.05) is 11.6 Å². The van der Waals surface area contributed by atoms with E-state index in [2.05, 4.69) is 0 Å². The molecule has 3 N–H and O–H groups in total. The predicted molar refractivity (Wildman–Crippen MR) is 59.1 cm³/mol. The van der Waals surface area contributed by atoms with Crippen LogP contribution in [0.4, 0.5) is 10.5 Å².